The third-order valence-corrected chi connectivity index (χ3v) is 2.45. The molecule has 0 amide bonds. The average molecular weight is 230 g/mol. The van der Waals surface area contributed by atoms with Gasteiger partial charge in [-0.1, -0.05) is 12.1 Å². The molecule has 1 aromatic rings. The lowest BCUT2D eigenvalue weighted by Crippen LogP contribution is -1.98. The zero-order valence-corrected chi connectivity index (χ0v) is 8.66. The number of aryl methyl sites for hydroxylation is 1. The Balaban J connectivity index is 2.61. The van der Waals surface area contributed by atoms with Crippen LogP contribution in [-0.2, 0) is 6.42 Å². The number of halogens is 3. The average Bonchev–Trinajstić information content (AvgIpc) is 2.14. The molecule has 1 rings (SSSR count). The van der Waals surface area contributed by atoms with Crippen molar-refractivity contribution >= 4 is 11.8 Å². The van der Waals surface area contributed by atoms with Crippen molar-refractivity contribution in [3.05, 3.63) is 29.8 Å². The summed E-state index contributed by atoms with van der Waals surface area (Å²) in [5.74, 6) is 2.48. The Hall–Kier alpha value is -1.08. The topological polar surface area (TPSA) is 0 Å². The Morgan fingerprint density at radius 1 is 1.20 bits per heavy atom. The van der Waals surface area contributed by atoms with Gasteiger partial charge >= 0.3 is 5.51 Å². The van der Waals surface area contributed by atoms with Gasteiger partial charge in [0.1, 0.15) is 0 Å². The number of terminal acetylenes is 1. The van der Waals surface area contributed by atoms with Crippen LogP contribution >= 0.6 is 11.8 Å². The van der Waals surface area contributed by atoms with E-state index in [1.54, 1.807) is 12.1 Å². The highest BCUT2D eigenvalue weighted by Gasteiger charge is 2.28. The fourth-order valence-corrected chi connectivity index (χ4v) is 1.61. The van der Waals surface area contributed by atoms with Crippen molar-refractivity contribution in [3.63, 3.8) is 0 Å². The van der Waals surface area contributed by atoms with E-state index in [1.807, 2.05) is 0 Å². The Morgan fingerprint density at radius 3 is 2.27 bits per heavy atom. The highest BCUT2D eigenvalue weighted by molar-refractivity contribution is 8.00. The molecule has 4 heteroatoms. The second-order valence-electron chi connectivity index (χ2n) is 2.90. The van der Waals surface area contributed by atoms with Crippen LogP contribution in [-0.4, -0.2) is 5.51 Å². The molecule has 0 aromatic heterocycles. The summed E-state index contributed by atoms with van der Waals surface area (Å²) in [6.07, 6.45) is 6.39. The van der Waals surface area contributed by atoms with Crippen molar-refractivity contribution in [1.82, 2.24) is 0 Å². The quantitative estimate of drug-likeness (QED) is 0.561. The molecule has 0 aliphatic heterocycles. The predicted octanol–water partition coefficient (Wildman–Crippen LogP) is 3.86. The van der Waals surface area contributed by atoms with E-state index in [0.717, 1.165) is 5.56 Å². The molecule has 0 aliphatic rings. The Bertz CT molecular complexity index is 346. The van der Waals surface area contributed by atoms with E-state index in [-0.39, 0.29) is 16.7 Å². The number of thioether (sulfide) groups is 1. The van der Waals surface area contributed by atoms with E-state index >= 15 is 0 Å². The summed E-state index contributed by atoms with van der Waals surface area (Å²) in [7, 11) is 0. The van der Waals surface area contributed by atoms with Gasteiger partial charge in [-0.2, -0.15) is 13.2 Å². The Morgan fingerprint density at radius 2 is 1.80 bits per heavy atom. The Kier molecular flexibility index (Phi) is 4.10. The second kappa shape index (κ2) is 5.13. The molecular formula is C11H9F3S. The number of hydrogen-bond acceptors (Lipinski definition) is 1. The van der Waals surface area contributed by atoms with Crippen molar-refractivity contribution < 1.29 is 13.2 Å². The van der Waals surface area contributed by atoms with Crippen LogP contribution in [0.5, 0.6) is 0 Å². The van der Waals surface area contributed by atoms with Gasteiger partial charge in [-0.25, -0.2) is 0 Å². The summed E-state index contributed by atoms with van der Waals surface area (Å²) < 4.78 is 35.9. The van der Waals surface area contributed by atoms with Gasteiger partial charge in [0.15, 0.2) is 0 Å². The van der Waals surface area contributed by atoms with Gasteiger partial charge in [0, 0.05) is 11.3 Å². The van der Waals surface area contributed by atoms with Gasteiger partial charge in [0.25, 0.3) is 0 Å². The number of hydrogen-bond donors (Lipinski definition) is 0. The van der Waals surface area contributed by atoms with Crippen molar-refractivity contribution in [3.8, 4) is 12.3 Å². The smallest absolute Gasteiger partial charge is 0.160 e. The molecule has 0 spiro atoms. The fraction of sp³-hybridized carbons (Fsp3) is 0.273. The lowest BCUT2D eigenvalue weighted by Gasteiger charge is -2.05. The van der Waals surface area contributed by atoms with Gasteiger partial charge < -0.3 is 0 Å². The minimum atomic E-state index is -4.22. The van der Waals surface area contributed by atoms with Crippen molar-refractivity contribution in [2.45, 2.75) is 23.2 Å². The summed E-state index contributed by atoms with van der Waals surface area (Å²) in [6.45, 7) is 0. The monoisotopic (exact) mass is 230 g/mol. The zero-order chi connectivity index (χ0) is 11.3. The molecular weight excluding hydrogens is 221 g/mol. The molecule has 0 saturated carbocycles. The van der Waals surface area contributed by atoms with Crippen LogP contribution in [0.1, 0.15) is 12.0 Å². The molecule has 15 heavy (non-hydrogen) atoms. The third-order valence-electron chi connectivity index (χ3n) is 1.71. The molecule has 0 N–H and O–H groups in total. The third kappa shape index (κ3) is 4.80. The maximum atomic E-state index is 12.0. The molecule has 0 unspecified atom stereocenters. The van der Waals surface area contributed by atoms with E-state index in [2.05, 4.69) is 5.92 Å². The Labute approximate surface area is 90.9 Å². The van der Waals surface area contributed by atoms with Crippen molar-refractivity contribution in [2.24, 2.45) is 0 Å². The van der Waals surface area contributed by atoms with Crippen molar-refractivity contribution in [1.29, 1.82) is 0 Å². The van der Waals surface area contributed by atoms with Gasteiger partial charge in [-0.3, -0.25) is 0 Å². The van der Waals surface area contributed by atoms with Gasteiger partial charge in [-0.15, -0.1) is 12.3 Å². The summed E-state index contributed by atoms with van der Waals surface area (Å²) in [6, 6.07) is 6.27. The minimum absolute atomic E-state index is 0.107. The normalized spacial score (nSPS) is 11.1. The summed E-state index contributed by atoms with van der Waals surface area (Å²) in [5, 5.41) is 0. The molecule has 0 fully saturated rings. The molecule has 0 bridgehead atoms. The van der Waals surface area contributed by atoms with Crippen LogP contribution in [0.25, 0.3) is 0 Å². The lowest BCUT2D eigenvalue weighted by atomic mass is 10.1. The van der Waals surface area contributed by atoms with Crippen LogP contribution < -0.4 is 0 Å². The van der Waals surface area contributed by atoms with Crippen LogP contribution in [0.2, 0.25) is 0 Å². The van der Waals surface area contributed by atoms with E-state index in [1.165, 1.54) is 12.1 Å². The molecule has 0 heterocycles. The summed E-state index contributed by atoms with van der Waals surface area (Å²) >= 11 is -0.107. The highest BCUT2D eigenvalue weighted by atomic mass is 32.2. The summed E-state index contributed by atoms with van der Waals surface area (Å²) in [5.41, 5.74) is -3.26. The highest BCUT2D eigenvalue weighted by Crippen LogP contribution is 2.36. The van der Waals surface area contributed by atoms with Crippen molar-refractivity contribution in [2.75, 3.05) is 0 Å². The number of alkyl halides is 3. The summed E-state index contributed by atoms with van der Waals surface area (Å²) in [4.78, 5) is 0.201. The molecule has 0 atom stereocenters. The van der Waals surface area contributed by atoms with E-state index in [4.69, 9.17) is 6.42 Å². The maximum Gasteiger partial charge on any atom is 0.446 e. The van der Waals surface area contributed by atoms with E-state index in [9.17, 15) is 13.2 Å². The first-order chi connectivity index (χ1) is 7.01. The zero-order valence-electron chi connectivity index (χ0n) is 7.84. The SMILES string of the molecule is C#CCCc1ccc(SC(F)(F)F)cc1. The second-order valence-corrected chi connectivity index (χ2v) is 4.03. The van der Waals surface area contributed by atoms with Gasteiger partial charge in [0.2, 0.25) is 0 Å². The molecule has 0 saturated heterocycles. The minimum Gasteiger partial charge on any atom is -0.160 e. The number of benzene rings is 1. The van der Waals surface area contributed by atoms with Gasteiger partial charge in [-0.05, 0) is 35.9 Å². The first kappa shape index (κ1) is 12.0. The number of rotatable bonds is 3. The lowest BCUT2D eigenvalue weighted by molar-refractivity contribution is -0.0328. The fourth-order valence-electron chi connectivity index (χ4n) is 1.07. The van der Waals surface area contributed by atoms with Crippen LogP contribution in [0.4, 0.5) is 13.2 Å². The van der Waals surface area contributed by atoms with Crippen LogP contribution in [0.3, 0.4) is 0 Å². The van der Waals surface area contributed by atoms with Crippen LogP contribution in [0.15, 0.2) is 29.2 Å². The molecule has 0 nitrogen and oxygen atoms in total. The standard InChI is InChI=1S/C11H9F3S/c1-2-3-4-9-5-7-10(8-6-9)15-11(12,13)14/h1,5-8H,3-4H2. The largest absolute Gasteiger partial charge is 0.446 e. The molecule has 0 radical (unpaired) electrons. The van der Waals surface area contributed by atoms with Crippen LogP contribution in [0, 0.1) is 12.3 Å². The van der Waals surface area contributed by atoms with E-state index < -0.39 is 5.51 Å². The molecule has 1 aromatic carbocycles. The first-order valence-corrected chi connectivity index (χ1v) is 5.11. The first-order valence-electron chi connectivity index (χ1n) is 4.29. The molecule has 0 aliphatic carbocycles. The predicted molar refractivity (Wildman–Crippen MR) is 55.5 cm³/mol. The molecule has 80 valence electrons. The van der Waals surface area contributed by atoms with Gasteiger partial charge in [0.05, 0.1) is 0 Å². The van der Waals surface area contributed by atoms with E-state index in [0.29, 0.717) is 12.8 Å². The maximum absolute atomic E-state index is 12.0.